The molecular formula is C14H30O3. The summed E-state index contributed by atoms with van der Waals surface area (Å²) in [6, 6.07) is 0. The van der Waals surface area contributed by atoms with Gasteiger partial charge in [0.2, 0.25) is 0 Å². The number of hydrogen-bond donors (Lipinski definition) is 3. The smallest absolute Gasteiger partial charge is 0.280 e. The average molecular weight is 246 g/mol. The quantitative estimate of drug-likeness (QED) is 0.410. The van der Waals surface area contributed by atoms with E-state index < -0.39 is 11.4 Å². The summed E-state index contributed by atoms with van der Waals surface area (Å²) >= 11 is 0. The minimum Gasteiger partial charge on any atom is -0.343 e. The molecule has 0 aromatic heterocycles. The van der Waals surface area contributed by atoms with Gasteiger partial charge in [-0.15, -0.1) is 0 Å². The monoisotopic (exact) mass is 246 g/mol. The molecule has 0 radical (unpaired) electrons. The third kappa shape index (κ3) is 7.74. The maximum absolute atomic E-state index is 9.16. The zero-order valence-electron chi connectivity index (χ0n) is 11.7. The second-order valence-electron chi connectivity index (χ2n) is 5.74. The average Bonchev–Trinajstić information content (AvgIpc) is 2.20. The molecule has 0 spiro atoms. The summed E-state index contributed by atoms with van der Waals surface area (Å²) < 4.78 is 0. The summed E-state index contributed by atoms with van der Waals surface area (Å²) in [5.41, 5.74) is -0.852. The number of rotatable bonds is 10. The van der Waals surface area contributed by atoms with Crippen molar-refractivity contribution in [2.75, 3.05) is 0 Å². The van der Waals surface area contributed by atoms with Crippen LogP contribution in [0.5, 0.6) is 0 Å². The number of hydrogen-bond acceptors (Lipinski definition) is 3. The number of aliphatic hydroxyl groups is 3. The Balaban J connectivity index is 3.46. The first-order valence-electron chi connectivity index (χ1n) is 6.98. The Morgan fingerprint density at radius 1 is 0.706 bits per heavy atom. The van der Waals surface area contributed by atoms with Crippen molar-refractivity contribution >= 4 is 0 Å². The van der Waals surface area contributed by atoms with E-state index in [4.69, 9.17) is 15.3 Å². The van der Waals surface area contributed by atoms with Crippen molar-refractivity contribution in [2.45, 2.75) is 84.5 Å². The molecule has 0 saturated heterocycles. The van der Waals surface area contributed by atoms with Crippen LogP contribution >= 0.6 is 0 Å². The highest BCUT2D eigenvalue weighted by Gasteiger charge is 2.39. The Kier molecular flexibility index (Phi) is 8.01. The first-order valence-corrected chi connectivity index (χ1v) is 6.98. The van der Waals surface area contributed by atoms with Gasteiger partial charge in [0.25, 0.3) is 5.97 Å². The molecule has 0 aromatic carbocycles. The molecule has 3 N–H and O–H groups in total. The highest BCUT2D eigenvalue weighted by Crippen LogP contribution is 2.32. The molecule has 0 aliphatic heterocycles. The van der Waals surface area contributed by atoms with E-state index in [0.29, 0.717) is 6.42 Å². The van der Waals surface area contributed by atoms with Crippen LogP contribution in [-0.2, 0) is 0 Å². The molecule has 0 aliphatic carbocycles. The molecule has 17 heavy (non-hydrogen) atoms. The van der Waals surface area contributed by atoms with Crippen molar-refractivity contribution in [1.82, 2.24) is 0 Å². The van der Waals surface area contributed by atoms with Crippen LogP contribution in [-0.4, -0.2) is 21.3 Å². The van der Waals surface area contributed by atoms with Crippen molar-refractivity contribution in [3.05, 3.63) is 0 Å². The van der Waals surface area contributed by atoms with Crippen molar-refractivity contribution in [1.29, 1.82) is 0 Å². The van der Waals surface area contributed by atoms with Gasteiger partial charge in [-0.05, 0) is 6.42 Å². The van der Waals surface area contributed by atoms with Gasteiger partial charge in [0.15, 0.2) is 0 Å². The molecule has 0 saturated carbocycles. The molecule has 0 aliphatic rings. The summed E-state index contributed by atoms with van der Waals surface area (Å²) in [4.78, 5) is 0. The SMILES string of the molecule is CCCCCCCCCCC(C)(C)C(O)(O)O. The largest absolute Gasteiger partial charge is 0.343 e. The van der Waals surface area contributed by atoms with Crippen LogP contribution in [0.15, 0.2) is 0 Å². The fourth-order valence-corrected chi connectivity index (χ4v) is 1.87. The van der Waals surface area contributed by atoms with Gasteiger partial charge in [-0.2, -0.15) is 0 Å². The van der Waals surface area contributed by atoms with Crippen LogP contribution in [0, 0.1) is 5.41 Å². The van der Waals surface area contributed by atoms with E-state index in [2.05, 4.69) is 6.92 Å². The molecule has 104 valence electrons. The molecule has 0 fully saturated rings. The maximum atomic E-state index is 9.16. The van der Waals surface area contributed by atoms with Gasteiger partial charge >= 0.3 is 0 Å². The molecule has 3 nitrogen and oxygen atoms in total. The molecule has 0 bridgehead atoms. The Morgan fingerprint density at radius 3 is 1.53 bits per heavy atom. The standard InChI is InChI=1S/C14H30O3/c1-4-5-6-7-8-9-10-11-12-13(2,3)14(15,16)17/h15-17H,4-12H2,1-3H3. The van der Waals surface area contributed by atoms with Crippen molar-refractivity contribution < 1.29 is 15.3 Å². The third-order valence-electron chi connectivity index (χ3n) is 3.56. The molecule has 0 amide bonds. The normalized spacial score (nSPS) is 13.1. The molecule has 0 rings (SSSR count). The van der Waals surface area contributed by atoms with E-state index in [0.717, 1.165) is 12.8 Å². The Bertz CT molecular complexity index is 182. The third-order valence-corrected chi connectivity index (χ3v) is 3.56. The lowest BCUT2D eigenvalue weighted by molar-refractivity contribution is -0.368. The first-order chi connectivity index (χ1) is 7.81. The second-order valence-corrected chi connectivity index (χ2v) is 5.74. The van der Waals surface area contributed by atoms with Crippen molar-refractivity contribution in [3.63, 3.8) is 0 Å². The Morgan fingerprint density at radius 2 is 1.12 bits per heavy atom. The van der Waals surface area contributed by atoms with Crippen LogP contribution in [0.3, 0.4) is 0 Å². The molecule has 0 aromatic rings. The van der Waals surface area contributed by atoms with Crippen LogP contribution in [0.1, 0.15) is 78.6 Å². The van der Waals surface area contributed by atoms with E-state index in [9.17, 15) is 0 Å². The first kappa shape index (κ1) is 16.9. The van der Waals surface area contributed by atoms with E-state index in [1.165, 1.54) is 38.5 Å². The van der Waals surface area contributed by atoms with Gasteiger partial charge in [0.1, 0.15) is 0 Å². The van der Waals surface area contributed by atoms with Crippen molar-refractivity contribution in [3.8, 4) is 0 Å². The highest BCUT2D eigenvalue weighted by atomic mass is 16.7. The van der Waals surface area contributed by atoms with Gasteiger partial charge in [0.05, 0.1) is 0 Å². The summed E-state index contributed by atoms with van der Waals surface area (Å²) in [6.45, 7) is 5.56. The van der Waals surface area contributed by atoms with Crippen molar-refractivity contribution in [2.24, 2.45) is 5.41 Å². The lowest BCUT2D eigenvalue weighted by Crippen LogP contribution is -2.44. The molecule has 0 atom stereocenters. The summed E-state index contributed by atoms with van der Waals surface area (Å²) in [6.07, 6.45) is 10.4. The highest BCUT2D eigenvalue weighted by molar-refractivity contribution is 4.75. The van der Waals surface area contributed by atoms with E-state index >= 15 is 0 Å². The van der Waals surface area contributed by atoms with Gasteiger partial charge in [-0.1, -0.05) is 72.1 Å². The van der Waals surface area contributed by atoms with Crippen LogP contribution in [0.2, 0.25) is 0 Å². The van der Waals surface area contributed by atoms with Gasteiger partial charge in [-0.3, -0.25) is 0 Å². The molecule has 0 unspecified atom stereocenters. The van der Waals surface area contributed by atoms with E-state index in [-0.39, 0.29) is 0 Å². The second kappa shape index (κ2) is 8.06. The van der Waals surface area contributed by atoms with Crippen LogP contribution in [0.25, 0.3) is 0 Å². The zero-order valence-corrected chi connectivity index (χ0v) is 11.7. The number of unbranched alkanes of at least 4 members (excludes halogenated alkanes) is 7. The summed E-state index contributed by atoms with van der Waals surface area (Å²) in [5, 5.41) is 27.5. The Hall–Kier alpha value is -0.120. The van der Waals surface area contributed by atoms with Crippen LogP contribution in [0.4, 0.5) is 0 Å². The predicted octanol–water partition coefficient (Wildman–Crippen LogP) is 3.17. The van der Waals surface area contributed by atoms with E-state index in [1.807, 2.05) is 0 Å². The van der Waals surface area contributed by atoms with Crippen LogP contribution < -0.4 is 0 Å². The molecule has 3 heteroatoms. The predicted molar refractivity (Wildman–Crippen MR) is 70.4 cm³/mol. The summed E-state index contributed by atoms with van der Waals surface area (Å²) in [5.74, 6) is -2.56. The van der Waals surface area contributed by atoms with E-state index in [1.54, 1.807) is 13.8 Å². The fraction of sp³-hybridized carbons (Fsp3) is 1.00. The zero-order chi connectivity index (χ0) is 13.4. The minimum absolute atomic E-state index is 0.630. The maximum Gasteiger partial charge on any atom is 0.280 e. The van der Waals surface area contributed by atoms with Gasteiger partial charge < -0.3 is 15.3 Å². The molecular weight excluding hydrogens is 216 g/mol. The lowest BCUT2D eigenvalue weighted by atomic mass is 9.84. The topological polar surface area (TPSA) is 60.7 Å². The molecule has 0 heterocycles. The Labute approximate surface area is 106 Å². The van der Waals surface area contributed by atoms with Gasteiger partial charge in [-0.25, -0.2) is 0 Å². The minimum atomic E-state index is -2.56. The van der Waals surface area contributed by atoms with Gasteiger partial charge in [0, 0.05) is 5.41 Å². The summed E-state index contributed by atoms with van der Waals surface area (Å²) in [7, 11) is 0. The lowest BCUT2D eigenvalue weighted by Gasteiger charge is -2.33. The fourth-order valence-electron chi connectivity index (χ4n) is 1.87.